The van der Waals surface area contributed by atoms with Crippen LogP contribution < -0.4 is 15.4 Å². The van der Waals surface area contributed by atoms with Crippen molar-refractivity contribution in [2.75, 3.05) is 0 Å². The Kier molecular flexibility index (Phi) is 6.23. The molecule has 1 heterocycles. The number of nitrogens with zero attached hydrogens (tertiary/aromatic N) is 2. The molecule has 1 fully saturated rings. The van der Waals surface area contributed by atoms with Gasteiger partial charge in [-0.25, -0.2) is 14.4 Å². The van der Waals surface area contributed by atoms with Gasteiger partial charge in [-0.2, -0.15) is 0 Å². The van der Waals surface area contributed by atoms with Crippen LogP contribution in [0.2, 0.25) is 0 Å². The molecule has 166 valence electrons. The van der Waals surface area contributed by atoms with E-state index in [4.69, 9.17) is 16.3 Å². The van der Waals surface area contributed by atoms with E-state index < -0.39 is 23.3 Å². The Bertz CT molecular complexity index is 1100. The SMILES string of the molecule is CC(NC(=O)C1(NC(=O)c2cncnc2)CC1)c1ccc(OC2=C(Cl)CCC=C2)cc1F. The molecule has 0 spiro atoms. The molecular formula is C23H22ClFN4O3. The molecular weight excluding hydrogens is 435 g/mol. The van der Waals surface area contributed by atoms with E-state index >= 15 is 0 Å². The number of benzene rings is 1. The number of allylic oxidation sites excluding steroid dienone is 3. The van der Waals surface area contributed by atoms with Crippen molar-refractivity contribution in [2.24, 2.45) is 0 Å². The lowest BCUT2D eigenvalue weighted by molar-refractivity contribution is -0.124. The van der Waals surface area contributed by atoms with Crippen LogP contribution in [-0.2, 0) is 4.79 Å². The van der Waals surface area contributed by atoms with Crippen LogP contribution in [0.3, 0.4) is 0 Å². The molecule has 1 unspecified atom stereocenters. The third-order valence-corrected chi connectivity index (χ3v) is 5.82. The van der Waals surface area contributed by atoms with Crippen molar-refractivity contribution in [3.8, 4) is 5.75 Å². The summed E-state index contributed by atoms with van der Waals surface area (Å²) in [6.45, 7) is 1.68. The quantitative estimate of drug-likeness (QED) is 0.658. The second-order valence-corrected chi connectivity index (χ2v) is 8.31. The molecule has 0 radical (unpaired) electrons. The predicted octanol–water partition coefficient (Wildman–Crippen LogP) is 3.93. The molecule has 7 nitrogen and oxygen atoms in total. The third-order valence-electron chi connectivity index (χ3n) is 5.44. The zero-order valence-electron chi connectivity index (χ0n) is 17.4. The molecule has 4 rings (SSSR count). The summed E-state index contributed by atoms with van der Waals surface area (Å²) in [5.74, 6) is -0.480. The van der Waals surface area contributed by atoms with Crippen LogP contribution >= 0.6 is 11.6 Å². The summed E-state index contributed by atoms with van der Waals surface area (Å²) < 4.78 is 20.5. The van der Waals surface area contributed by atoms with Gasteiger partial charge in [-0.3, -0.25) is 9.59 Å². The average Bonchev–Trinajstić information content (AvgIpc) is 3.56. The Morgan fingerprint density at radius 3 is 2.66 bits per heavy atom. The van der Waals surface area contributed by atoms with Crippen molar-refractivity contribution >= 4 is 23.4 Å². The summed E-state index contributed by atoms with van der Waals surface area (Å²) in [5.41, 5.74) is -0.426. The number of hydrogen-bond acceptors (Lipinski definition) is 5. The molecule has 1 aromatic carbocycles. The first kappa shape index (κ1) is 22.0. The van der Waals surface area contributed by atoms with Crippen LogP contribution in [0.15, 0.2) is 59.9 Å². The van der Waals surface area contributed by atoms with Crippen LogP contribution in [0.1, 0.15) is 54.6 Å². The molecule has 0 bridgehead atoms. The summed E-state index contributed by atoms with van der Waals surface area (Å²) in [7, 11) is 0. The molecule has 1 aromatic heterocycles. The average molecular weight is 457 g/mol. The lowest BCUT2D eigenvalue weighted by Gasteiger charge is -2.21. The summed E-state index contributed by atoms with van der Waals surface area (Å²) >= 11 is 6.16. The fraction of sp³-hybridized carbons (Fsp3) is 0.304. The molecule has 0 aliphatic heterocycles. The molecule has 1 saturated carbocycles. The van der Waals surface area contributed by atoms with Gasteiger partial charge in [0.25, 0.3) is 5.91 Å². The Morgan fingerprint density at radius 1 is 1.25 bits per heavy atom. The maximum absolute atomic E-state index is 14.8. The topological polar surface area (TPSA) is 93.2 Å². The van der Waals surface area contributed by atoms with E-state index in [1.54, 1.807) is 25.1 Å². The van der Waals surface area contributed by atoms with E-state index in [9.17, 15) is 14.0 Å². The van der Waals surface area contributed by atoms with Gasteiger partial charge in [0, 0.05) is 24.0 Å². The Labute approximate surface area is 189 Å². The van der Waals surface area contributed by atoms with Gasteiger partial charge in [0.15, 0.2) is 0 Å². The van der Waals surface area contributed by atoms with Crippen molar-refractivity contribution in [3.63, 3.8) is 0 Å². The molecule has 9 heteroatoms. The minimum absolute atomic E-state index is 0.268. The van der Waals surface area contributed by atoms with Gasteiger partial charge in [-0.15, -0.1) is 0 Å². The molecule has 2 aromatic rings. The second kappa shape index (κ2) is 9.08. The van der Waals surface area contributed by atoms with E-state index in [1.165, 1.54) is 24.8 Å². The maximum atomic E-state index is 14.8. The van der Waals surface area contributed by atoms with Crippen molar-refractivity contribution in [3.05, 3.63) is 76.8 Å². The van der Waals surface area contributed by atoms with Gasteiger partial charge >= 0.3 is 0 Å². The van der Waals surface area contributed by atoms with E-state index in [1.807, 2.05) is 6.08 Å². The smallest absolute Gasteiger partial charge is 0.255 e. The van der Waals surface area contributed by atoms with Crippen molar-refractivity contribution in [2.45, 2.75) is 44.2 Å². The Balaban J connectivity index is 1.40. The minimum Gasteiger partial charge on any atom is -0.456 e. The van der Waals surface area contributed by atoms with Crippen molar-refractivity contribution in [1.29, 1.82) is 0 Å². The molecule has 1 atom stereocenters. The number of amides is 2. The highest BCUT2D eigenvalue weighted by molar-refractivity contribution is 6.30. The van der Waals surface area contributed by atoms with E-state index in [2.05, 4.69) is 20.6 Å². The highest BCUT2D eigenvalue weighted by atomic mass is 35.5. The standard InChI is InChI=1S/C23H22ClFN4O3/c1-14(17-7-6-16(10-19(17)25)32-20-5-3-2-4-18(20)24)28-22(31)23(8-9-23)29-21(30)15-11-26-13-27-12-15/h3,5-7,10-14H,2,4,8-9H2,1H3,(H,28,31)(H,29,30). The van der Waals surface area contributed by atoms with Gasteiger partial charge < -0.3 is 15.4 Å². The Morgan fingerprint density at radius 2 is 2.00 bits per heavy atom. The number of rotatable bonds is 7. The molecule has 32 heavy (non-hydrogen) atoms. The van der Waals surface area contributed by atoms with Gasteiger partial charge in [-0.1, -0.05) is 23.7 Å². The fourth-order valence-corrected chi connectivity index (χ4v) is 3.62. The molecule has 2 amide bonds. The zero-order chi connectivity index (χ0) is 22.7. The van der Waals surface area contributed by atoms with Crippen molar-refractivity contribution in [1.82, 2.24) is 20.6 Å². The van der Waals surface area contributed by atoms with Crippen LogP contribution in [0.4, 0.5) is 4.39 Å². The number of aromatic nitrogens is 2. The number of carbonyl (C=O) groups is 2. The van der Waals surface area contributed by atoms with Gasteiger partial charge in [-0.05, 0) is 44.7 Å². The molecule has 0 saturated heterocycles. The molecule has 2 aliphatic rings. The second-order valence-electron chi connectivity index (χ2n) is 7.85. The lowest BCUT2D eigenvalue weighted by atomic mass is 10.1. The van der Waals surface area contributed by atoms with Gasteiger partial charge in [0.2, 0.25) is 5.91 Å². The third kappa shape index (κ3) is 4.80. The maximum Gasteiger partial charge on any atom is 0.255 e. The lowest BCUT2D eigenvalue weighted by Crippen LogP contribution is -2.49. The van der Waals surface area contributed by atoms with Crippen LogP contribution in [-0.4, -0.2) is 27.3 Å². The zero-order valence-corrected chi connectivity index (χ0v) is 18.2. The Hall–Kier alpha value is -3.26. The largest absolute Gasteiger partial charge is 0.456 e. The fourth-order valence-electron chi connectivity index (χ4n) is 3.41. The van der Waals surface area contributed by atoms with E-state index in [0.29, 0.717) is 41.4 Å². The monoisotopic (exact) mass is 456 g/mol. The summed E-state index contributed by atoms with van der Waals surface area (Å²) in [6, 6.07) is 3.85. The highest BCUT2D eigenvalue weighted by Crippen LogP contribution is 2.37. The van der Waals surface area contributed by atoms with Gasteiger partial charge in [0.1, 0.15) is 29.2 Å². The van der Waals surface area contributed by atoms with Crippen LogP contribution in [0.25, 0.3) is 0 Å². The number of carbonyl (C=O) groups excluding carboxylic acids is 2. The van der Waals surface area contributed by atoms with E-state index in [0.717, 1.165) is 6.42 Å². The molecule has 2 N–H and O–H groups in total. The minimum atomic E-state index is -1.00. The van der Waals surface area contributed by atoms with Crippen LogP contribution in [0.5, 0.6) is 5.75 Å². The number of ether oxygens (including phenoxy) is 1. The van der Waals surface area contributed by atoms with Crippen LogP contribution in [0, 0.1) is 5.82 Å². The number of nitrogens with one attached hydrogen (secondary N) is 2. The first-order chi connectivity index (χ1) is 15.4. The number of hydrogen-bond donors (Lipinski definition) is 2. The normalized spacial score (nSPS) is 17.5. The predicted molar refractivity (Wildman–Crippen MR) is 116 cm³/mol. The first-order valence-corrected chi connectivity index (χ1v) is 10.7. The summed E-state index contributed by atoms with van der Waals surface area (Å²) in [6.07, 6.45) is 10.3. The van der Waals surface area contributed by atoms with Crippen molar-refractivity contribution < 1.29 is 18.7 Å². The molecule has 2 aliphatic carbocycles. The number of halogens is 2. The van der Waals surface area contributed by atoms with Gasteiger partial charge in [0.05, 0.1) is 16.6 Å². The highest BCUT2D eigenvalue weighted by Gasteiger charge is 2.51. The van der Waals surface area contributed by atoms with E-state index in [-0.39, 0.29) is 11.5 Å². The first-order valence-electron chi connectivity index (χ1n) is 10.3. The summed E-state index contributed by atoms with van der Waals surface area (Å²) in [4.78, 5) is 32.8. The summed E-state index contributed by atoms with van der Waals surface area (Å²) in [5, 5.41) is 6.14.